The second-order valence-electron chi connectivity index (χ2n) is 5.14. The van der Waals surface area contributed by atoms with Gasteiger partial charge >= 0.3 is 0 Å². The molecule has 0 bridgehead atoms. The number of carbonyl (C=O) groups is 1. The first-order valence-electron chi connectivity index (χ1n) is 7.54. The van der Waals surface area contributed by atoms with E-state index in [9.17, 15) is 13.6 Å². The predicted molar refractivity (Wildman–Crippen MR) is 91.8 cm³/mol. The van der Waals surface area contributed by atoms with Crippen molar-refractivity contribution in [3.05, 3.63) is 60.2 Å². The molecule has 1 amide bonds. The number of alkyl halides is 2. The molecule has 0 aromatic heterocycles. The normalized spacial score (nSPS) is 10.7. The molecule has 2 aromatic carbocycles. The summed E-state index contributed by atoms with van der Waals surface area (Å²) in [5, 5.41) is 0. The summed E-state index contributed by atoms with van der Waals surface area (Å²) in [6.07, 6.45) is 0.705. The van der Waals surface area contributed by atoms with Crippen LogP contribution < -0.4 is 4.74 Å². The fraction of sp³-hybridized carbons (Fsp3) is 0.278. The lowest BCUT2D eigenvalue weighted by atomic mass is 10.2. The van der Waals surface area contributed by atoms with E-state index in [2.05, 4.69) is 0 Å². The molecule has 0 spiro atoms. The third-order valence-electron chi connectivity index (χ3n) is 3.32. The summed E-state index contributed by atoms with van der Waals surface area (Å²) in [4.78, 5) is 14.3. The third kappa shape index (κ3) is 5.85. The zero-order valence-corrected chi connectivity index (χ0v) is 14.1. The zero-order chi connectivity index (χ0) is 17.4. The molecule has 0 unspecified atom stereocenters. The van der Waals surface area contributed by atoms with Crippen LogP contribution in [0.2, 0.25) is 0 Å². The molecule has 3 nitrogen and oxygen atoms in total. The molecule has 0 atom stereocenters. The summed E-state index contributed by atoms with van der Waals surface area (Å²) >= 11 is 0.467. The summed E-state index contributed by atoms with van der Waals surface area (Å²) in [5.74, 6) is -1.79. The highest BCUT2D eigenvalue weighted by Gasteiger charge is 2.12. The van der Waals surface area contributed by atoms with Crippen molar-refractivity contribution in [1.29, 1.82) is 0 Å². The number of nitrogens with zero attached hydrogens (tertiary/aromatic N) is 1. The molecule has 128 valence electrons. The van der Waals surface area contributed by atoms with E-state index in [1.165, 1.54) is 12.1 Å². The lowest BCUT2D eigenvalue weighted by molar-refractivity contribution is 0.0788. The molecule has 2 aromatic rings. The zero-order valence-electron chi connectivity index (χ0n) is 13.3. The molecule has 0 aliphatic carbocycles. The Hall–Kier alpha value is -2.08. The number of benzene rings is 2. The minimum Gasteiger partial charge on any atom is -0.494 e. The number of ether oxygens (including phenoxy) is 1. The Kier molecular flexibility index (Phi) is 7.06. The molecular weight excluding hydrogens is 332 g/mol. The van der Waals surface area contributed by atoms with Crippen LogP contribution in [-0.2, 0) is 0 Å². The topological polar surface area (TPSA) is 29.5 Å². The second-order valence-corrected chi connectivity index (χ2v) is 6.21. The van der Waals surface area contributed by atoms with Crippen LogP contribution in [0.3, 0.4) is 0 Å². The highest BCUT2D eigenvalue weighted by Crippen LogP contribution is 2.25. The van der Waals surface area contributed by atoms with Gasteiger partial charge in [-0.3, -0.25) is 4.79 Å². The Morgan fingerprint density at radius 3 is 2.42 bits per heavy atom. The summed E-state index contributed by atoms with van der Waals surface area (Å²) in [5.41, 5.74) is 0.486. The SMILES string of the molecule is CN(CCCOc1ccccc1)C(=O)c1ccc(SC(F)F)cc1. The Bertz CT molecular complexity index is 635. The van der Waals surface area contributed by atoms with E-state index in [0.29, 0.717) is 41.8 Å². The fourth-order valence-corrected chi connectivity index (χ4v) is 2.61. The van der Waals surface area contributed by atoms with E-state index >= 15 is 0 Å². The molecule has 0 N–H and O–H groups in total. The lowest BCUT2D eigenvalue weighted by Gasteiger charge is -2.17. The van der Waals surface area contributed by atoms with Gasteiger partial charge in [0.25, 0.3) is 11.7 Å². The van der Waals surface area contributed by atoms with Crippen molar-refractivity contribution in [2.45, 2.75) is 17.1 Å². The lowest BCUT2D eigenvalue weighted by Crippen LogP contribution is -2.28. The minimum absolute atomic E-state index is 0.136. The van der Waals surface area contributed by atoms with Crippen LogP contribution in [0.5, 0.6) is 5.75 Å². The van der Waals surface area contributed by atoms with E-state index in [-0.39, 0.29) is 5.91 Å². The van der Waals surface area contributed by atoms with Crippen LogP contribution in [-0.4, -0.2) is 36.8 Å². The van der Waals surface area contributed by atoms with Gasteiger partial charge in [-0.15, -0.1) is 0 Å². The van der Waals surface area contributed by atoms with Crippen molar-refractivity contribution >= 4 is 17.7 Å². The maximum Gasteiger partial charge on any atom is 0.288 e. The van der Waals surface area contributed by atoms with Crippen LogP contribution in [0.25, 0.3) is 0 Å². The van der Waals surface area contributed by atoms with Gasteiger partial charge in [-0.1, -0.05) is 30.0 Å². The first-order chi connectivity index (χ1) is 11.6. The van der Waals surface area contributed by atoms with Gasteiger partial charge in [0.1, 0.15) is 5.75 Å². The van der Waals surface area contributed by atoms with Gasteiger partial charge in [0, 0.05) is 24.1 Å². The molecule has 0 heterocycles. The number of para-hydroxylation sites is 1. The van der Waals surface area contributed by atoms with Gasteiger partial charge in [0.15, 0.2) is 0 Å². The summed E-state index contributed by atoms with van der Waals surface area (Å²) < 4.78 is 30.1. The number of carbonyl (C=O) groups excluding carboxylic acids is 1. The van der Waals surface area contributed by atoms with Crippen LogP contribution in [0.1, 0.15) is 16.8 Å². The molecule has 0 aliphatic rings. The molecule has 0 radical (unpaired) electrons. The number of hydrogen-bond acceptors (Lipinski definition) is 3. The van der Waals surface area contributed by atoms with E-state index in [1.807, 2.05) is 30.3 Å². The molecule has 0 aliphatic heterocycles. The van der Waals surface area contributed by atoms with Crippen LogP contribution >= 0.6 is 11.8 Å². The number of thioether (sulfide) groups is 1. The van der Waals surface area contributed by atoms with Crippen LogP contribution in [0, 0.1) is 0 Å². The maximum atomic E-state index is 12.3. The van der Waals surface area contributed by atoms with Crippen molar-refractivity contribution in [2.24, 2.45) is 0 Å². The highest BCUT2D eigenvalue weighted by molar-refractivity contribution is 7.99. The number of amides is 1. The molecule has 0 saturated heterocycles. The van der Waals surface area contributed by atoms with Gasteiger partial charge < -0.3 is 9.64 Å². The molecule has 6 heteroatoms. The van der Waals surface area contributed by atoms with Crippen LogP contribution in [0.15, 0.2) is 59.5 Å². The Morgan fingerprint density at radius 1 is 1.12 bits per heavy atom. The standard InChI is InChI=1S/C18H19F2NO2S/c1-21(12-5-13-23-15-6-3-2-4-7-15)17(22)14-8-10-16(11-9-14)24-18(19)20/h2-4,6-11,18H,5,12-13H2,1H3. The highest BCUT2D eigenvalue weighted by atomic mass is 32.2. The Labute approximate surface area is 144 Å². The van der Waals surface area contributed by atoms with Gasteiger partial charge in [-0.2, -0.15) is 8.78 Å². The van der Waals surface area contributed by atoms with Gasteiger partial charge in [0.2, 0.25) is 0 Å². The van der Waals surface area contributed by atoms with Crippen molar-refractivity contribution < 1.29 is 18.3 Å². The summed E-state index contributed by atoms with van der Waals surface area (Å²) in [6.45, 7) is 1.07. The van der Waals surface area contributed by atoms with Crippen molar-refractivity contribution in [1.82, 2.24) is 4.90 Å². The molecule has 2 rings (SSSR count). The van der Waals surface area contributed by atoms with E-state index in [4.69, 9.17) is 4.74 Å². The first-order valence-corrected chi connectivity index (χ1v) is 8.42. The van der Waals surface area contributed by atoms with Crippen LogP contribution in [0.4, 0.5) is 8.78 Å². The van der Waals surface area contributed by atoms with E-state index < -0.39 is 5.76 Å². The monoisotopic (exact) mass is 351 g/mol. The van der Waals surface area contributed by atoms with E-state index in [1.54, 1.807) is 24.1 Å². The second kappa shape index (κ2) is 9.27. The smallest absolute Gasteiger partial charge is 0.288 e. The van der Waals surface area contributed by atoms with E-state index in [0.717, 1.165) is 5.75 Å². The Balaban J connectivity index is 1.77. The van der Waals surface area contributed by atoms with Gasteiger partial charge in [-0.25, -0.2) is 0 Å². The number of hydrogen-bond donors (Lipinski definition) is 0. The molecule has 0 saturated carbocycles. The fourth-order valence-electron chi connectivity index (χ4n) is 2.11. The first kappa shape index (κ1) is 18.3. The Morgan fingerprint density at radius 2 is 1.79 bits per heavy atom. The third-order valence-corrected chi connectivity index (χ3v) is 4.05. The average molecular weight is 351 g/mol. The minimum atomic E-state index is -2.46. The quantitative estimate of drug-likeness (QED) is 0.516. The maximum absolute atomic E-state index is 12.3. The van der Waals surface area contributed by atoms with Gasteiger partial charge in [-0.05, 0) is 42.8 Å². The predicted octanol–water partition coefficient (Wildman–Crippen LogP) is 4.54. The largest absolute Gasteiger partial charge is 0.494 e. The molecule has 0 fully saturated rings. The van der Waals surface area contributed by atoms with Crippen molar-refractivity contribution in [3.63, 3.8) is 0 Å². The average Bonchev–Trinajstić information content (AvgIpc) is 2.59. The molecular formula is C18H19F2NO2S. The molecule has 24 heavy (non-hydrogen) atoms. The van der Waals surface area contributed by atoms with Gasteiger partial charge in [0.05, 0.1) is 6.61 Å². The summed E-state index contributed by atoms with van der Waals surface area (Å²) in [6, 6.07) is 15.7. The number of rotatable bonds is 8. The summed E-state index contributed by atoms with van der Waals surface area (Å²) in [7, 11) is 1.71. The number of halogens is 2. The van der Waals surface area contributed by atoms with Crippen molar-refractivity contribution in [3.8, 4) is 5.75 Å². The van der Waals surface area contributed by atoms with Crippen molar-refractivity contribution in [2.75, 3.05) is 20.2 Å².